The number of ether oxygens (including phenoxy) is 2. The summed E-state index contributed by atoms with van der Waals surface area (Å²) in [6, 6.07) is 10.2. The van der Waals surface area contributed by atoms with Crippen LogP contribution in [0.25, 0.3) is 0 Å². The maximum Gasteiger partial charge on any atom is 0.0717 e. The second-order valence-corrected chi connectivity index (χ2v) is 5.03. The number of hydrogen-bond acceptors (Lipinski definition) is 3. The highest BCUT2D eigenvalue weighted by molar-refractivity contribution is 5.13. The monoisotopic (exact) mass is 250 g/mol. The van der Waals surface area contributed by atoms with E-state index in [1.807, 2.05) is 18.2 Å². The maximum atomic E-state index is 9.35. The fourth-order valence-corrected chi connectivity index (χ4v) is 2.68. The van der Waals surface area contributed by atoms with Gasteiger partial charge in [-0.1, -0.05) is 30.3 Å². The first kappa shape index (κ1) is 13.5. The molecule has 3 atom stereocenters. The molecule has 0 bridgehead atoms. The van der Waals surface area contributed by atoms with Gasteiger partial charge in [0.15, 0.2) is 0 Å². The molecule has 0 radical (unpaired) electrons. The Morgan fingerprint density at radius 2 is 1.89 bits per heavy atom. The Kier molecular flexibility index (Phi) is 5.17. The quantitative estimate of drug-likeness (QED) is 0.841. The molecule has 18 heavy (non-hydrogen) atoms. The van der Waals surface area contributed by atoms with E-state index in [1.165, 1.54) is 5.56 Å². The lowest BCUT2D eigenvalue weighted by atomic mass is 9.98. The molecule has 0 amide bonds. The van der Waals surface area contributed by atoms with Crippen molar-refractivity contribution in [2.24, 2.45) is 11.8 Å². The van der Waals surface area contributed by atoms with Crippen LogP contribution in [-0.2, 0) is 16.1 Å². The summed E-state index contributed by atoms with van der Waals surface area (Å²) in [4.78, 5) is 0. The minimum Gasteiger partial charge on any atom is -0.396 e. The van der Waals surface area contributed by atoms with Gasteiger partial charge in [-0.05, 0) is 30.2 Å². The van der Waals surface area contributed by atoms with Crippen LogP contribution in [0.4, 0.5) is 0 Å². The molecule has 1 aliphatic rings. The molecule has 0 aliphatic heterocycles. The van der Waals surface area contributed by atoms with E-state index in [9.17, 15) is 5.11 Å². The van der Waals surface area contributed by atoms with Crippen LogP contribution < -0.4 is 0 Å². The molecule has 100 valence electrons. The molecule has 0 saturated heterocycles. The predicted molar refractivity (Wildman–Crippen MR) is 70.2 cm³/mol. The van der Waals surface area contributed by atoms with E-state index in [1.54, 1.807) is 7.11 Å². The lowest BCUT2D eigenvalue weighted by Crippen LogP contribution is -2.17. The van der Waals surface area contributed by atoms with Gasteiger partial charge in [0.25, 0.3) is 0 Å². The third kappa shape index (κ3) is 3.55. The average Bonchev–Trinajstić information content (AvgIpc) is 2.82. The first-order valence-corrected chi connectivity index (χ1v) is 6.58. The summed E-state index contributed by atoms with van der Waals surface area (Å²) in [5, 5.41) is 9.35. The number of aliphatic hydroxyl groups excluding tert-OH is 1. The molecule has 0 heterocycles. The van der Waals surface area contributed by atoms with E-state index in [0.29, 0.717) is 25.0 Å². The Hall–Kier alpha value is -0.900. The van der Waals surface area contributed by atoms with E-state index in [2.05, 4.69) is 12.1 Å². The summed E-state index contributed by atoms with van der Waals surface area (Å²) >= 11 is 0. The Balaban J connectivity index is 1.76. The SMILES string of the molecule is CO[C@H]1C[C@H](CO)[C@@H](COCc2ccccc2)C1. The van der Waals surface area contributed by atoms with Crippen LogP contribution in [0.5, 0.6) is 0 Å². The maximum absolute atomic E-state index is 9.35. The highest BCUT2D eigenvalue weighted by Gasteiger charge is 2.33. The highest BCUT2D eigenvalue weighted by atomic mass is 16.5. The zero-order chi connectivity index (χ0) is 12.8. The van der Waals surface area contributed by atoms with Gasteiger partial charge in [0.2, 0.25) is 0 Å². The molecule has 0 aromatic heterocycles. The van der Waals surface area contributed by atoms with Crippen molar-refractivity contribution in [2.45, 2.75) is 25.6 Å². The van der Waals surface area contributed by atoms with Crippen molar-refractivity contribution in [2.75, 3.05) is 20.3 Å². The van der Waals surface area contributed by atoms with E-state index in [-0.39, 0.29) is 12.7 Å². The molecule has 1 aromatic carbocycles. The van der Waals surface area contributed by atoms with Gasteiger partial charge in [-0.3, -0.25) is 0 Å². The molecular weight excluding hydrogens is 228 g/mol. The van der Waals surface area contributed by atoms with Gasteiger partial charge in [-0.15, -0.1) is 0 Å². The molecule has 1 aliphatic carbocycles. The van der Waals surface area contributed by atoms with Gasteiger partial charge in [0.05, 0.1) is 19.3 Å². The van der Waals surface area contributed by atoms with Crippen molar-refractivity contribution in [3.8, 4) is 0 Å². The van der Waals surface area contributed by atoms with Crippen LogP contribution in [0.2, 0.25) is 0 Å². The second-order valence-electron chi connectivity index (χ2n) is 5.03. The Morgan fingerprint density at radius 3 is 2.56 bits per heavy atom. The standard InChI is InChI=1S/C15H22O3/c1-17-15-7-13(9-16)14(8-15)11-18-10-12-5-3-2-4-6-12/h2-6,13-16H,7-11H2,1H3/t13-,14-,15+/m1/s1. The normalized spacial score (nSPS) is 27.6. The summed E-state index contributed by atoms with van der Waals surface area (Å²) in [7, 11) is 1.74. The molecule has 2 rings (SSSR count). The predicted octanol–water partition coefficient (Wildman–Crippen LogP) is 2.24. The second kappa shape index (κ2) is 6.88. The van der Waals surface area contributed by atoms with Gasteiger partial charge in [-0.2, -0.15) is 0 Å². The molecule has 1 saturated carbocycles. The van der Waals surface area contributed by atoms with Gasteiger partial charge < -0.3 is 14.6 Å². The van der Waals surface area contributed by atoms with Crippen molar-refractivity contribution in [3.05, 3.63) is 35.9 Å². The van der Waals surface area contributed by atoms with Crippen LogP contribution in [0.15, 0.2) is 30.3 Å². The first-order valence-electron chi connectivity index (χ1n) is 6.58. The van der Waals surface area contributed by atoms with Gasteiger partial charge >= 0.3 is 0 Å². The molecule has 0 unspecified atom stereocenters. The number of rotatable bonds is 6. The molecule has 0 spiro atoms. The van der Waals surface area contributed by atoms with E-state index >= 15 is 0 Å². The van der Waals surface area contributed by atoms with Gasteiger partial charge in [0, 0.05) is 13.7 Å². The van der Waals surface area contributed by atoms with Crippen molar-refractivity contribution in [1.29, 1.82) is 0 Å². The third-order valence-corrected chi connectivity index (χ3v) is 3.81. The van der Waals surface area contributed by atoms with Gasteiger partial charge in [-0.25, -0.2) is 0 Å². The van der Waals surface area contributed by atoms with Crippen LogP contribution >= 0.6 is 0 Å². The number of methoxy groups -OCH3 is 1. The van der Waals surface area contributed by atoms with Crippen molar-refractivity contribution in [1.82, 2.24) is 0 Å². The minimum atomic E-state index is 0.235. The molecule has 1 N–H and O–H groups in total. The van der Waals surface area contributed by atoms with Crippen molar-refractivity contribution in [3.63, 3.8) is 0 Å². The Labute approximate surface area is 109 Å². The molecular formula is C15H22O3. The summed E-state index contributed by atoms with van der Waals surface area (Å²) in [5.74, 6) is 0.745. The largest absolute Gasteiger partial charge is 0.396 e. The topological polar surface area (TPSA) is 38.7 Å². The zero-order valence-corrected chi connectivity index (χ0v) is 10.9. The number of benzene rings is 1. The Morgan fingerprint density at radius 1 is 1.17 bits per heavy atom. The molecule has 3 nitrogen and oxygen atoms in total. The van der Waals surface area contributed by atoms with E-state index < -0.39 is 0 Å². The minimum absolute atomic E-state index is 0.235. The smallest absolute Gasteiger partial charge is 0.0717 e. The Bertz CT molecular complexity index is 339. The highest BCUT2D eigenvalue weighted by Crippen LogP contribution is 2.33. The average molecular weight is 250 g/mol. The summed E-state index contributed by atoms with van der Waals surface area (Å²) in [6.45, 7) is 1.59. The molecule has 3 heteroatoms. The van der Waals surface area contributed by atoms with Crippen molar-refractivity contribution >= 4 is 0 Å². The number of aliphatic hydroxyl groups is 1. The fraction of sp³-hybridized carbons (Fsp3) is 0.600. The van der Waals surface area contributed by atoms with Crippen molar-refractivity contribution < 1.29 is 14.6 Å². The van der Waals surface area contributed by atoms with Crippen LogP contribution in [0.1, 0.15) is 18.4 Å². The fourth-order valence-electron chi connectivity index (χ4n) is 2.68. The zero-order valence-electron chi connectivity index (χ0n) is 10.9. The van der Waals surface area contributed by atoms with E-state index in [0.717, 1.165) is 12.8 Å². The van der Waals surface area contributed by atoms with Crippen LogP contribution in [-0.4, -0.2) is 31.5 Å². The third-order valence-electron chi connectivity index (χ3n) is 3.81. The number of hydrogen-bond donors (Lipinski definition) is 1. The molecule has 1 aromatic rings. The molecule has 1 fully saturated rings. The first-order chi connectivity index (χ1) is 8.83. The van der Waals surface area contributed by atoms with Gasteiger partial charge in [0.1, 0.15) is 0 Å². The van der Waals surface area contributed by atoms with Crippen LogP contribution in [0.3, 0.4) is 0 Å². The summed E-state index contributed by atoms with van der Waals surface area (Å²) in [5.41, 5.74) is 1.19. The van der Waals surface area contributed by atoms with E-state index in [4.69, 9.17) is 9.47 Å². The lowest BCUT2D eigenvalue weighted by Gasteiger charge is -2.16. The lowest BCUT2D eigenvalue weighted by molar-refractivity contribution is 0.0579. The summed E-state index contributed by atoms with van der Waals surface area (Å²) in [6.07, 6.45) is 2.23. The van der Waals surface area contributed by atoms with Crippen LogP contribution in [0, 0.1) is 11.8 Å². The summed E-state index contributed by atoms with van der Waals surface area (Å²) < 4.78 is 11.1.